The first kappa shape index (κ1) is 34.4. The number of imide groups is 1. The highest BCUT2D eigenvalue weighted by Crippen LogP contribution is 2.37. The lowest BCUT2D eigenvalue weighted by molar-refractivity contribution is -0.136. The zero-order chi connectivity index (χ0) is 36.5. The molecule has 4 aliphatic heterocycles. The molecule has 1 unspecified atom stereocenters. The van der Waals surface area contributed by atoms with Crippen LogP contribution in [0.5, 0.6) is 0 Å². The maximum absolute atomic E-state index is 13.1. The van der Waals surface area contributed by atoms with Crippen LogP contribution in [0.2, 0.25) is 0 Å². The van der Waals surface area contributed by atoms with Crippen molar-refractivity contribution in [3.05, 3.63) is 107 Å². The minimum Gasteiger partial charge on any atom is -0.385 e. The number of nitriles is 1. The van der Waals surface area contributed by atoms with Crippen molar-refractivity contribution in [2.24, 2.45) is 0 Å². The van der Waals surface area contributed by atoms with E-state index in [1.54, 1.807) is 23.2 Å². The molecule has 12 nitrogen and oxygen atoms in total. The van der Waals surface area contributed by atoms with E-state index in [1.807, 2.05) is 36.4 Å². The first-order valence-electron chi connectivity index (χ1n) is 18.4. The molecular formula is C41H42N8O4. The summed E-state index contributed by atoms with van der Waals surface area (Å²) in [5.74, 6) is -0.330. The molecule has 3 amide bonds. The maximum Gasteiger partial charge on any atom is 0.255 e. The van der Waals surface area contributed by atoms with Gasteiger partial charge in [0.2, 0.25) is 17.8 Å². The molecule has 5 heterocycles. The number of benzene rings is 3. The lowest BCUT2D eigenvalue weighted by atomic mass is 9.83. The molecule has 4 aliphatic rings. The fraction of sp³-hybridized carbons (Fsp3) is 0.366. The molecule has 270 valence electrons. The molecule has 4 aromatic rings. The SMILES string of the molecule is N#Cc1cccc(-c2ccnc(NC3CCN(c4ccc(CN5CCC(O)(c6ccc7c(c6)CN(C6CCC(=O)NC6=O)C7=O)CC5)cc4)CC3)n2)c1. The van der Waals surface area contributed by atoms with Gasteiger partial charge in [-0.1, -0.05) is 36.4 Å². The highest BCUT2D eigenvalue weighted by atomic mass is 16.3. The van der Waals surface area contributed by atoms with Gasteiger partial charge in [0.15, 0.2) is 0 Å². The normalized spacial score (nSPS) is 20.5. The lowest BCUT2D eigenvalue weighted by Gasteiger charge is -2.39. The van der Waals surface area contributed by atoms with Crippen molar-refractivity contribution in [3.63, 3.8) is 0 Å². The van der Waals surface area contributed by atoms with Gasteiger partial charge in [0.1, 0.15) is 6.04 Å². The Bertz CT molecular complexity index is 2080. The molecule has 8 rings (SSSR count). The summed E-state index contributed by atoms with van der Waals surface area (Å²) >= 11 is 0. The van der Waals surface area contributed by atoms with E-state index in [0.29, 0.717) is 42.9 Å². The Balaban J connectivity index is 0.814. The van der Waals surface area contributed by atoms with E-state index in [4.69, 9.17) is 4.98 Å². The van der Waals surface area contributed by atoms with E-state index in [0.717, 1.165) is 67.9 Å². The van der Waals surface area contributed by atoms with Crippen LogP contribution in [0.25, 0.3) is 11.3 Å². The van der Waals surface area contributed by atoms with Crippen LogP contribution in [0.3, 0.4) is 0 Å². The quantitative estimate of drug-likeness (QED) is 0.225. The van der Waals surface area contributed by atoms with E-state index >= 15 is 0 Å². The largest absolute Gasteiger partial charge is 0.385 e. The lowest BCUT2D eigenvalue weighted by Crippen LogP contribution is -2.52. The Kier molecular flexibility index (Phi) is 9.37. The van der Waals surface area contributed by atoms with E-state index in [1.165, 1.54) is 11.3 Å². The van der Waals surface area contributed by atoms with Crippen LogP contribution >= 0.6 is 0 Å². The molecule has 12 heteroatoms. The second-order valence-electron chi connectivity index (χ2n) is 14.6. The van der Waals surface area contributed by atoms with E-state index in [-0.39, 0.29) is 24.3 Å². The predicted molar refractivity (Wildman–Crippen MR) is 198 cm³/mol. The number of piperidine rings is 3. The minimum absolute atomic E-state index is 0.204. The molecule has 0 saturated carbocycles. The van der Waals surface area contributed by atoms with E-state index < -0.39 is 17.6 Å². The molecule has 0 aliphatic carbocycles. The highest BCUT2D eigenvalue weighted by Gasteiger charge is 2.41. The summed E-state index contributed by atoms with van der Waals surface area (Å²) in [5, 5.41) is 26.8. The van der Waals surface area contributed by atoms with Crippen molar-refractivity contribution in [1.82, 2.24) is 25.1 Å². The predicted octanol–water partition coefficient (Wildman–Crippen LogP) is 4.34. The fourth-order valence-corrected chi connectivity index (χ4v) is 8.11. The Labute approximate surface area is 308 Å². The van der Waals surface area contributed by atoms with E-state index in [9.17, 15) is 24.8 Å². The van der Waals surface area contributed by atoms with Crippen LogP contribution in [0.15, 0.2) is 79.0 Å². The van der Waals surface area contributed by atoms with Gasteiger partial charge in [0.25, 0.3) is 5.91 Å². The molecule has 0 bridgehead atoms. The standard InChI is InChI=1S/C41H42N8O4/c42-24-28-2-1-3-29(22-28)35-12-17-43-40(45-35)44-32-13-18-48(19-14-32)33-7-4-27(5-8-33)25-47-20-15-41(53,16-21-47)31-6-9-34-30(23-31)26-49(39(34)52)36-10-11-37(50)46-38(36)51/h1-9,12,17,22-23,32,36,53H,10-11,13-16,18-21,25-26H2,(H,43,44,45)(H,46,50,51). The summed E-state index contributed by atoms with van der Waals surface area (Å²) in [7, 11) is 0. The number of carbonyl (C=O) groups excluding carboxylic acids is 3. The van der Waals surface area contributed by atoms with Gasteiger partial charge in [-0.2, -0.15) is 5.26 Å². The summed E-state index contributed by atoms with van der Waals surface area (Å²) in [6.07, 6.45) is 5.40. The van der Waals surface area contributed by atoms with E-state index in [2.05, 4.69) is 55.8 Å². The minimum atomic E-state index is -0.986. The topological polar surface area (TPSA) is 155 Å². The molecule has 1 atom stereocenters. The zero-order valence-electron chi connectivity index (χ0n) is 29.5. The van der Waals surface area contributed by atoms with Crippen LogP contribution in [0.4, 0.5) is 11.6 Å². The smallest absolute Gasteiger partial charge is 0.255 e. The van der Waals surface area contributed by atoms with Crippen LogP contribution < -0.4 is 15.5 Å². The van der Waals surface area contributed by atoms with Crippen molar-refractivity contribution in [2.75, 3.05) is 36.4 Å². The molecule has 0 spiro atoms. The zero-order valence-corrected chi connectivity index (χ0v) is 29.5. The van der Waals surface area contributed by atoms with Gasteiger partial charge < -0.3 is 20.2 Å². The molecule has 3 fully saturated rings. The van der Waals surface area contributed by atoms with Gasteiger partial charge in [-0.05, 0) is 85.2 Å². The third-order valence-corrected chi connectivity index (χ3v) is 11.2. The van der Waals surface area contributed by atoms with Crippen LogP contribution in [-0.2, 0) is 28.3 Å². The van der Waals surface area contributed by atoms with Crippen LogP contribution in [-0.4, -0.2) is 80.9 Å². The number of anilines is 2. The molecule has 3 saturated heterocycles. The fourth-order valence-electron chi connectivity index (χ4n) is 8.11. The number of likely N-dealkylation sites (tertiary alicyclic amines) is 1. The summed E-state index contributed by atoms with van der Waals surface area (Å²) in [4.78, 5) is 52.7. The summed E-state index contributed by atoms with van der Waals surface area (Å²) < 4.78 is 0. The monoisotopic (exact) mass is 710 g/mol. The average Bonchev–Trinajstić information content (AvgIpc) is 3.51. The first-order chi connectivity index (χ1) is 25.7. The second kappa shape index (κ2) is 14.4. The Morgan fingerprint density at radius 2 is 1.74 bits per heavy atom. The van der Waals surface area contributed by atoms with Gasteiger partial charge in [-0.25, -0.2) is 9.97 Å². The van der Waals surface area contributed by atoms with Gasteiger partial charge >= 0.3 is 0 Å². The van der Waals surface area contributed by atoms with Crippen molar-refractivity contribution in [1.29, 1.82) is 5.26 Å². The van der Waals surface area contributed by atoms with Crippen molar-refractivity contribution in [3.8, 4) is 17.3 Å². The van der Waals surface area contributed by atoms with Gasteiger partial charge in [-0.3, -0.25) is 24.6 Å². The summed E-state index contributed by atoms with van der Waals surface area (Å²) in [6.45, 7) is 4.45. The van der Waals surface area contributed by atoms with Crippen molar-refractivity contribution in [2.45, 2.75) is 69.3 Å². The number of hydrogen-bond acceptors (Lipinski definition) is 10. The van der Waals surface area contributed by atoms with Crippen LogP contribution in [0, 0.1) is 11.3 Å². The van der Waals surface area contributed by atoms with Crippen molar-refractivity contribution < 1.29 is 19.5 Å². The Morgan fingerprint density at radius 1 is 0.943 bits per heavy atom. The number of nitrogens with zero attached hydrogens (tertiary/aromatic N) is 6. The molecular weight excluding hydrogens is 669 g/mol. The third kappa shape index (κ3) is 7.23. The molecule has 3 N–H and O–H groups in total. The number of aromatic nitrogens is 2. The number of nitrogens with one attached hydrogen (secondary N) is 2. The number of rotatable bonds is 8. The summed E-state index contributed by atoms with van der Waals surface area (Å²) in [5.41, 5.74) is 5.92. The van der Waals surface area contributed by atoms with Gasteiger partial charge in [0.05, 0.1) is 22.9 Å². The molecule has 1 aromatic heterocycles. The molecule has 0 radical (unpaired) electrons. The summed E-state index contributed by atoms with van der Waals surface area (Å²) in [6, 6.07) is 25.5. The second-order valence-corrected chi connectivity index (χ2v) is 14.6. The Morgan fingerprint density at radius 3 is 2.49 bits per heavy atom. The first-order valence-corrected chi connectivity index (χ1v) is 18.4. The van der Waals surface area contributed by atoms with Gasteiger partial charge in [0, 0.05) is 74.7 Å². The highest BCUT2D eigenvalue weighted by molar-refractivity contribution is 6.05. The molecule has 53 heavy (non-hydrogen) atoms. The number of fused-ring (bicyclic) bond motifs is 1. The van der Waals surface area contributed by atoms with Gasteiger partial charge in [-0.15, -0.1) is 0 Å². The maximum atomic E-state index is 13.1. The number of amides is 3. The molecule has 3 aromatic carbocycles. The van der Waals surface area contributed by atoms with Crippen LogP contribution in [0.1, 0.15) is 71.1 Å². The number of carbonyl (C=O) groups is 3. The average molecular weight is 711 g/mol. The van der Waals surface area contributed by atoms with Crippen molar-refractivity contribution >= 4 is 29.4 Å². The number of aliphatic hydroxyl groups is 1. The number of hydrogen-bond donors (Lipinski definition) is 3. The third-order valence-electron chi connectivity index (χ3n) is 11.2. The Hall–Kier alpha value is -5.64.